The van der Waals surface area contributed by atoms with Crippen LogP contribution in [0.3, 0.4) is 0 Å². The van der Waals surface area contributed by atoms with Crippen LogP contribution in [0.4, 0.5) is 14.9 Å². The summed E-state index contributed by atoms with van der Waals surface area (Å²) in [6.45, 7) is 7.20. The van der Waals surface area contributed by atoms with Crippen molar-refractivity contribution in [1.29, 1.82) is 0 Å². The highest BCUT2D eigenvalue weighted by Crippen LogP contribution is 2.29. The van der Waals surface area contributed by atoms with E-state index in [0.29, 0.717) is 11.3 Å². The van der Waals surface area contributed by atoms with Gasteiger partial charge in [-0.2, -0.15) is 0 Å². The Kier molecular flexibility index (Phi) is 4.83. The van der Waals surface area contributed by atoms with Crippen LogP contribution in [-0.4, -0.2) is 24.8 Å². The van der Waals surface area contributed by atoms with Crippen molar-refractivity contribution in [2.75, 3.05) is 18.4 Å². The van der Waals surface area contributed by atoms with E-state index in [1.807, 2.05) is 0 Å². The molecule has 0 saturated carbocycles. The molecular formula is C16H23FN2O2. The topological polar surface area (TPSA) is 50.4 Å². The van der Waals surface area contributed by atoms with Gasteiger partial charge in [-0.25, -0.2) is 9.18 Å². The van der Waals surface area contributed by atoms with Crippen LogP contribution in [-0.2, 0) is 4.74 Å². The second-order valence-corrected chi connectivity index (χ2v) is 6.39. The molecule has 0 atom stereocenters. The summed E-state index contributed by atoms with van der Waals surface area (Å²) in [6, 6.07) is 4.68. The number of carbonyl (C=O) groups is 1. The molecule has 5 heteroatoms. The lowest BCUT2D eigenvalue weighted by molar-refractivity contribution is 0.0636. The largest absolute Gasteiger partial charge is 0.444 e. The molecular weight excluding hydrogens is 271 g/mol. The van der Waals surface area contributed by atoms with Gasteiger partial charge in [-0.15, -0.1) is 0 Å². The number of piperidine rings is 1. The molecule has 0 unspecified atom stereocenters. The zero-order valence-corrected chi connectivity index (χ0v) is 12.8. The summed E-state index contributed by atoms with van der Waals surface area (Å²) >= 11 is 0. The molecule has 2 N–H and O–H groups in total. The zero-order valence-electron chi connectivity index (χ0n) is 12.8. The molecule has 1 heterocycles. The van der Waals surface area contributed by atoms with E-state index in [1.54, 1.807) is 32.9 Å². The van der Waals surface area contributed by atoms with E-state index >= 15 is 0 Å². The predicted octanol–water partition coefficient (Wildman–Crippen LogP) is 3.64. The van der Waals surface area contributed by atoms with Crippen molar-refractivity contribution in [3.05, 3.63) is 29.6 Å². The third-order valence-electron chi connectivity index (χ3n) is 3.42. The first-order valence-corrected chi connectivity index (χ1v) is 7.35. The molecule has 1 aliphatic rings. The van der Waals surface area contributed by atoms with Gasteiger partial charge in [0.25, 0.3) is 0 Å². The quantitative estimate of drug-likeness (QED) is 0.875. The lowest BCUT2D eigenvalue weighted by Gasteiger charge is -2.24. The van der Waals surface area contributed by atoms with Crippen LogP contribution in [0.5, 0.6) is 0 Å². The Balaban J connectivity index is 2.09. The predicted molar refractivity (Wildman–Crippen MR) is 81.1 cm³/mol. The average molecular weight is 294 g/mol. The highest BCUT2D eigenvalue weighted by Gasteiger charge is 2.20. The van der Waals surface area contributed by atoms with Gasteiger partial charge in [0.1, 0.15) is 11.4 Å². The van der Waals surface area contributed by atoms with E-state index in [9.17, 15) is 9.18 Å². The standard InChI is InChI=1S/C16H23FN2O2/c1-16(2,3)21-15(20)19-12-4-5-14(17)13(10-12)11-6-8-18-9-7-11/h4-5,10-11,18H,6-9H2,1-3H3,(H,19,20). The summed E-state index contributed by atoms with van der Waals surface area (Å²) in [5.74, 6) is -0.0109. The minimum atomic E-state index is -0.554. The van der Waals surface area contributed by atoms with Gasteiger partial charge < -0.3 is 10.1 Å². The minimum Gasteiger partial charge on any atom is -0.444 e. The fourth-order valence-corrected chi connectivity index (χ4v) is 2.49. The van der Waals surface area contributed by atoms with E-state index in [-0.39, 0.29) is 11.7 Å². The Labute approximate surface area is 125 Å². The van der Waals surface area contributed by atoms with Gasteiger partial charge in [-0.05, 0) is 76.4 Å². The number of anilines is 1. The Morgan fingerprint density at radius 1 is 1.33 bits per heavy atom. The minimum absolute atomic E-state index is 0.201. The maximum absolute atomic E-state index is 14.0. The molecule has 1 aromatic carbocycles. The van der Waals surface area contributed by atoms with Crippen molar-refractivity contribution in [3.8, 4) is 0 Å². The summed E-state index contributed by atoms with van der Waals surface area (Å²) in [4.78, 5) is 11.8. The van der Waals surface area contributed by atoms with Gasteiger partial charge in [0, 0.05) is 5.69 Å². The maximum atomic E-state index is 14.0. The van der Waals surface area contributed by atoms with Gasteiger partial charge in [-0.1, -0.05) is 0 Å². The number of nitrogens with one attached hydrogen (secondary N) is 2. The van der Waals surface area contributed by atoms with Crippen molar-refractivity contribution in [2.24, 2.45) is 0 Å². The molecule has 4 nitrogen and oxygen atoms in total. The molecule has 0 aromatic heterocycles. The second kappa shape index (κ2) is 6.43. The molecule has 1 aromatic rings. The number of hydrogen-bond acceptors (Lipinski definition) is 3. The number of rotatable bonds is 2. The SMILES string of the molecule is CC(C)(C)OC(=O)Nc1ccc(F)c(C2CCNCC2)c1. The first-order valence-electron chi connectivity index (χ1n) is 7.35. The van der Waals surface area contributed by atoms with Crippen LogP contribution in [0.2, 0.25) is 0 Å². The number of hydrogen-bond donors (Lipinski definition) is 2. The molecule has 1 saturated heterocycles. The fourth-order valence-electron chi connectivity index (χ4n) is 2.49. The molecule has 2 rings (SSSR count). The normalized spacial score (nSPS) is 16.6. The smallest absolute Gasteiger partial charge is 0.412 e. The number of halogens is 1. The molecule has 1 aliphatic heterocycles. The van der Waals surface area contributed by atoms with Gasteiger partial charge in [0.2, 0.25) is 0 Å². The third-order valence-corrected chi connectivity index (χ3v) is 3.42. The lowest BCUT2D eigenvalue weighted by Crippen LogP contribution is -2.28. The van der Waals surface area contributed by atoms with E-state index < -0.39 is 11.7 Å². The van der Waals surface area contributed by atoms with Crippen molar-refractivity contribution < 1.29 is 13.9 Å². The number of amides is 1. The maximum Gasteiger partial charge on any atom is 0.412 e. The Morgan fingerprint density at radius 3 is 2.62 bits per heavy atom. The van der Waals surface area contributed by atoms with Crippen LogP contribution >= 0.6 is 0 Å². The third kappa shape index (κ3) is 4.70. The highest BCUT2D eigenvalue weighted by atomic mass is 19.1. The first-order chi connectivity index (χ1) is 9.85. The fraction of sp³-hybridized carbons (Fsp3) is 0.562. The van der Waals surface area contributed by atoms with E-state index in [2.05, 4.69) is 10.6 Å². The van der Waals surface area contributed by atoms with Crippen molar-refractivity contribution in [2.45, 2.75) is 45.1 Å². The zero-order chi connectivity index (χ0) is 15.5. The number of benzene rings is 1. The molecule has 0 bridgehead atoms. The lowest BCUT2D eigenvalue weighted by atomic mass is 9.89. The molecule has 0 radical (unpaired) electrons. The molecule has 116 valence electrons. The Hall–Kier alpha value is -1.62. The number of carbonyl (C=O) groups excluding carboxylic acids is 1. The van der Waals surface area contributed by atoms with E-state index in [1.165, 1.54) is 6.07 Å². The first kappa shape index (κ1) is 15.8. The summed E-state index contributed by atoms with van der Waals surface area (Å²) in [5.41, 5.74) is 0.686. The van der Waals surface area contributed by atoms with Crippen LogP contribution in [0, 0.1) is 5.82 Å². The monoisotopic (exact) mass is 294 g/mol. The van der Waals surface area contributed by atoms with E-state index in [0.717, 1.165) is 25.9 Å². The van der Waals surface area contributed by atoms with Crippen molar-refractivity contribution in [3.63, 3.8) is 0 Å². The molecule has 0 aliphatic carbocycles. The number of ether oxygens (including phenoxy) is 1. The summed E-state index contributed by atoms with van der Waals surface area (Å²) in [5, 5.41) is 5.93. The van der Waals surface area contributed by atoms with Crippen LogP contribution < -0.4 is 10.6 Å². The summed E-state index contributed by atoms with van der Waals surface area (Å²) < 4.78 is 19.2. The van der Waals surface area contributed by atoms with Crippen molar-refractivity contribution in [1.82, 2.24) is 5.32 Å². The second-order valence-electron chi connectivity index (χ2n) is 6.39. The molecule has 21 heavy (non-hydrogen) atoms. The van der Waals surface area contributed by atoms with Gasteiger partial charge >= 0.3 is 6.09 Å². The molecule has 1 amide bonds. The van der Waals surface area contributed by atoms with E-state index in [4.69, 9.17) is 4.74 Å². The Bertz CT molecular complexity index is 505. The molecule has 1 fully saturated rings. The van der Waals surface area contributed by atoms with Gasteiger partial charge in [0.15, 0.2) is 0 Å². The van der Waals surface area contributed by atoms with Crippen LogP contribution in [0.15, 0.2) is 18.2 Å². The van der Waals surface area contributed by atoms with Gasteiger partial charge in [0.05, 0.1) is 0 Å². The van der Waals surface area contributed by atoms with Crippen LogP contribution in [0.25, 0.3) is 0 Å². The summed E-state index contributed by atoms with van der Waals surface area (Å²) in [6.07, 6.45) is 1.30. The average Bonchev–Trinajstić information content (AvgIpc) is 2.40. The van der Waals surface area contributed by atoms with Crippen LogP contribution in [0.1, 0.15) is 45.1 Å². The highest BCUT2D eigenvalue weighted by molar-refractivity contribution is 5.85. The Morgan fingerprint density at radius 2 is 2.00 bits per heavy atom. The molecule has 0 spiro atoms. The van der Waals surface area contributed by atoms with Crippen molar-refractivity contribution >= 4 is 11.8 Å². The summed E-state index contributed by atoms with van der Waals surface area (Å²) in [7, 11) is 0. The van der Waals surface area contributed by atoms with Gasteiger partial charge in [-0.3, -0.25) is 5.32 Å².